The van der Waals surface area contributed by atoms with E-state index in [-0.39, 0.29) is 17.3 Å². The molecule has 0 aliphatic carbocycles. The van der Waals surface area contributed by atoms with Crippen LogP contribution in [0.3, 0.4) is 0 Å². The summed E-state index contributed by atoms with van der Waals surface area (Å²) in [5.74, 6) is -0.514. The molecular formula is C20H16FN2O5-. The van der Waals surface area contributed by atoms with Gasteiger partial charge in [0.15, 0.2) is 11.5 Å². The van der Waals surface area contributed by atoms with Gasteiger partial charge in [0.1, 0.15) is 5.82 Å². The zero-order chi connectivity index (χ0) is 20.1. The first-order chi connectivity index (χ1) is 13.5. The highest BCUT2D eigenvalue weighted by atomic mass is 19.1. The Labute approximate surface area is 160 Å². The Bertz CT molecular complexity index is 1030. The number of hydrogen-bond donors (Lipinski definition) is 0. The van der Waals surface area contributed by atoms with Crippen LogP contribution in [0.2, 0.25) is 0 Å². The second kappa shape index (κ2) is 8.34. The Morgan fingerprint density at radius 2 is 1.96 bits per heavy atom. The van der Waals surface area contributed by atoms with Crippen LogP contribution >= 0.6 is 0 Å². The number of rotatable bonds is 7. The number of nitrogens with zero attached hydrogens (tertiary/aromatic N) is 2. The Kier molecular flexibility index (Phi) is 5.69. The van der Waals surface area contributed by atoms with Crippen molar-refractivity contribution >= 4 is 17.6 Å². The monoisotopic (exact) mass is 383 g/mol. The molecule has 0 radical (unpaired) electrons. The van der Waals surface area contributed by atoms with Crippen molar-refractivity contribution in [1.29, 1.82) is 0 Å². The van der Waals surface area contributed by atoms with Crippen LogP contribution in [0.15, 0.2) is 47.0 Å². The summed E-state index contributed by atoms with van der Waals surface area (Å²) in [6.45, 7) is 0. The van der Waals surface area contributed by atoms with Crippen LogP contribution in [0.4, 0.5) is 4.39 Å². The first kappa shape index (κ1) is 19.1. The summed E-state index contributed by atoms with van der Waals surface area (Å²) in [5, 5.41) is 15.0. The number of aliphatic carboxylic acids is 1. The highest BCUT2D eigenvalue weighted by molar-refractivity contribution is 5.88. The number of carbonyl (C=O) groups is 1. The summed E-state index contributed by atoms with van der Waals surface area (Å²) in [6.07, 6.45) is 0.995. The van der Waals surface area contributed by atoms with Crippen molar-refractivity contribution in [1.82, 2.24) is 10.1 Å². The summed E-state index contributed by atoms with van der Waals surface area (Å²) in [6, 6.07) is 10.8. The lowest BCUT2D eigenvalue weighted by atomic mass is 10.1. The van der Waals surface area contributed by atoms with E-state index in [1.165, 1.54) is 38.5 Å². The van der Waals surface area contributed by atoms with E-state index in [1.807, 2.05) is 0 Å². The fraction of sp³-hybridized carbons (Fsp3) is 0.150. The molecule has 0 atom stereocenters. The molecule has 0 spiro atoms. The minimum Gasteiger partial charge on any atom is -0.550 e. The summed E-state index contributed by atoms with van der Waals surface area (Å²) in [7, 11) is 3.02. The smallest absolute Gasteiger partial charge is 0.254 e. The van der Waals surface area contributed by atoms with Crippen LogP contribution in [-0.4, -0.2) is 30.3 Å². The van der Waals surface area contributed by atoms with E-state index in [0.29, 0.717) is 22.6 Å². The number of carboxylic acids is 1. The first-order valence-electron chi connectivity index (χ1n) is 8.22. The maximum atomic E-state index is 13.4. The fourth-order valence-corrected chi connectivity index (χ4v) is 2.59. The van der Waals surface area contributed by atoms with Crippen molar-refractivity contribution in [3.63, 3.8) is 0 Å². The van der Waals surface area contributed by atoms with Crippen LogP contribution in [-0.2, 0) is 4.79 Å². The number of carboxylic acid groups (broad SMARTS) is 1. The molecule has 0 saturated carbocycles. The van der Waals surface area contributed by atoms with Crippen molar-refractivity contribution in [2.75, 3.05) is 14.2 Å². The molecule has 2 aromatic carbocycles. The van der Waals surface area contributed by atoms with Crippen molar-refractivity contribution < 1.29 is 28.3 Å². The summed E-state index contributed by atoms with van der Waals surface area (Å²) in [4.78, 5) is 15.4. The molecular weight excluding hydrogens is 367 g/mol. The largest absolute Gasteiger partial charge is 0.550 e. The summed E-state index contributed by atoms with van der Waals surface area (Å²) < 4.78 is 29.1. The number of methoxy groups -OCH3 is 2. The molecule has 0 saturated heterocycles. The standard InChI is InChI=1S/C20H17FN2O5/c1-26-16-7-6-13(10-17(16)27-2)19-22-20(28-23-19)14(11-18(24)25)8-12-4-3-5-15(21)9-12/h3-10H,11H2,1-2H3,(H,24,25)/p-1/b14-8+. The molecule has 144 valence electrons. The highest BCUT2D eigenvalue weighted by Crippen LogP contribution is 2.32. The SMILES string of the molecule is COc1ccc(-c2noc(/C(=C/c3cccc(F)c3)CC(=O)[O-])n2)cc1OC. The first-order valence-corrected chi connectivity index (χ1v) is 8.22. The van der Waals surface area contributed by atoms with E-state index in [1.54, 1.807) is 24.3 Å². The lowest BCUT2D eigenvalue weighted by molar-refractivity contribution is -0.304. The molecule has 3 aromatic rings. The van der Waals surface area contributed by atoms with Crippen molar-refractivity contribution in [2.24, 2.45) is 0 Å². The van der Waals surface area contributed by atoms with Gasteiger partial charge in [0, 0.05) is 23.5 Å². The van der Waals surface area contributed by atoms with E-state index in [4.69, 9.17) is 14.0 Å². The Balaban J connectivity index is 1.98. The normalized spacial score (nSPS) is 11.3. The molecule has 7 nitrogen and oxygen atoms in total. The molecule has 3 rings (SSSR count). The van der Waals surface area contributed by atoms with Crippen LogP contribution in [0, 0.1) is 5.82 Å². The number of hydrogen-bond acceptors (Lipinski definition) is 7. The molecule has 0 fully saturated rings. The number of carbonyl (C=O) groups excluding carboxylic acids is 1. The molecule has 0 amide bonds. The average molecular weight is 383 g/mol. The van der Waals surface area contributed by atoms with E-state index < -0.39 is 18.2 Å². The number of halogens is 1. The predicted molar refractivity (Wildman–Crippen MR) is 96.7 cm³/mol. The number of ether oxygens (including phenoxy) is 2. The lowest BCUT2D eigenvalue weighted by Crippen LogP contribution is -2.22. The molecule has 1 aromatic heterocycles. The van der Waals surface area contributed by atoms with Gasteiger partial charge in [-0.2, -0.15) is 4.98 Å². The van der Waals surface area contributed by atoms with Gasteiger partial charge in [-0.15, -0.1) is 0 Å². The topological polar surface area (TPSA) is 97.5 Å². The molecule has 0 unspecified atom stereocenters. The Morgan fingerprint density at radius 3 is 2.64 bits per heavy atom. The van der Waals surface area contributed by atoms with Crippen LogP contribution in [0.1, 0.15) is 17.9 Å². The third kappa shape index (κ3) is 4.35. The van der Waals surface area contributed by atoms with Crippen molar-refractivity contribution in [3.05, 3.63) is 59.7 Å². The molecule has 8 heteroatoms. The zero-order valence-electron chi connectivity index (χ0n) is 15.1. The maximum absolute atomic E-state index is 13.4. The van der Waals surface area contributed by atoms with Crippen LogP contribution in [0.25, 0.3) is 23.0 Å². The minimum absolute atomic E-state index is 0.00162. The van der Waals surface area contributed by atoms with Gasteiger partial charge in [-0.3, -0.25) is 0 Å². The third-order valence-corrected chi connectivity index (χ3v) is 3.87. The molecule has 0 N–H and O–H groups in total. The van der Waals surface area contributed by atoms with Gasteiger partial charge in [-0.05, 0) is 42.0 Å². The second-order valence-electron chi connectivity index (χ2n) is 5.77. The van der Waals surface area contributed by atoms with Gasteiger partial charge in [-0.25, -0.2) is 4.39 Å². The Hall–Kier alpha value is -3.68. The van der Waals surface area contributed by atoms with E-state index in [9.17, 15) is 14.3 Å². The quantitative estimate of drug-likeness (QED) is 0.618. The van der Waals surface area contributed by atoms with Gasteiger partial charge in [0.2, 0.25) is 5.82 Å². The zero-order valence-corrected chi connectivity index (χ0v) is 15.1. The van der Waals surface area contributed by atoms with Crippen molar-refractivity contribution in [2.45, 2.75) is 6.42 Å². The molecule has 0 aliphatic heterocycles. The van der Waals surface area contributed by atoms with Crippen LogP contribution in [0.5, 0.6) is 11.5 Å². The average Bonchev–Trinajstić information content (AvgIpc) is 3.17. The molecule has 0 bridgehead atoms. The lowest BCUT2D eigenvalue weighted by Gasteiger charge is -2.07. The predicted octanol–water partition coefficient (Wildman–Crippen LogP) is 2.57. The van der Waals surface area contributed by atoms with E-state index in [0.717, 1.165) is 0 Å². The fourth-order valence-electron chi connectivity index (χ4n) is 2.59. The third-order valence-electron chi connectivity index (χ3n) is 3.87. The van der Waals surface area contributed by atoms with Crippen molar-refractivity contribution in [3.8, 4) is 22.9 Å². The van der Waals surface area contributed by atoms with E-state index in [2.05, 4.69) is 10.1 Å². The Morgan fingerprint density at radius 1 is 1.18 bits per heavy atom. The molecule has 1 heterocycles. The van der Waals surface area contributed by atoms with Gasteiger partial charge >= 0.3 is 0 Å². The summed E-state index contributed by atoms with van der Waals surface area (Å²) in [5.41, 5.74) is 1.25. The second-order valence-corrected chi connectivity index (χ2v) is 5.77. The number of benzene rings is 2. The van der Waals surface area contributed by atoms with Gasteiger partial charge in [0.25, 0.3) is 5.89 Å². The summed E-state index contributed by atoms with van der Waals surface area (Å²) >= 11 is 0. The number of aromatic nitrogens is 2. The van der Waals surface area contributed by atoms with Gasteiger partial charge < -0.3 is 23.9 Å². The van der Waals surface area contributed by atoms with E-state index >= 15 is 0 Å². The molecule has 0 aliphatic rings. The molecule has 28 heavy (non-hydrogen) atoms. The maximum Gasteiger partial charge on any atom is 0.254 e. The van der Waals surface area contributed by atoms with Gasteiger partial charge in [-0.1, -0.05) is 17.3 Å². The minimum atomic E-state index is -1.33. The highest BCUT2D eigenvalue weighted by Gasteiger charge is 2.15. The van der Waals surface area contributed by atoms with Gasteiger partial charge in [0.05, 0.1) is 14.2 Å². The van der Waals surface area contributed by atoms with Crippen LogP contribution < -0.4 is 14.6 Å².